The zero-order valence-corrected chi connectivity index (χ0v) is 13.9. The highest BCUT2D eigenvalue weighted by atomic mass is 19.4. The number of rotatable bonds is 2. The Balaban J connectivity index is 2.23. The third-order valence-corrected chi connectivity index (χ3v) is 3.93. The monoisotopic (exact) mass is 382 g/mol. The third-order valence-electron chi connectivity index (χ3n) is 3.93. The van der Waals surface area contributed by atoms with E-state index in [1.54, 1.807) is 0 Å². The van der Waals surface area contributed by atoms with E-state index in [9.17, 15) is 26.3 Å². The van der Waals surface area contributed by atoms with Crippen LogP contribution in [0, 0.1) is 6.92 Å². The fraction of sp³-hybridized carbons (Fsp3) is 0.158. The van der Waals surface area contributed by atoms with E-state index in [4.69, 9.17) is 0 Å². The van der Waals surface area contributed by atoms with E-state index in [-0.39, 0.29) is 22.6 Å². The second-order valence-corrected chi connectivity index (χ2v) is 5.81. The molecule has 2 aromatic carbocycles. The van der Waals surface area contributed by atoms with Gasteiger partial charge in [-0.05, 0) is 24.6 Å². The predicted octanol–water partition coefficient (Wildman–Crippen LogP) is 6.16. The minimum atomic E-state index is -4.64. The molecule has 0 spiro atoms. The number of nitrogens with zero attached hydrogens (tertiary/aromatic N) is 2. The molecular weight excluding hydrogens is 370 g/mol. The van der Waals surface area contributed by atoms with Gasteiger partial charge in [-0.15, -0.1) is 0 Å². The molecule has 3 aromatic rings. The summed E-state index contributed by atoms with van der Waals surface area (Å²) < 4.78 is 79.7. The van der Waals surface area contributed by atoms with Gasteiger partial charge in [0.15, 0.2) is 5.82 Å². The Bertz CT molecular complexity index is 976. The summed E-state index contributed by atoms with van der Waals surface area (Å²) in [6.07, 6.45) is -8.05. The maximum Gasteiger partial charge on any atom is 0.417 e. The van der Waals surface area contributed by atoms with Gasteiger partial charge in [-0.2, -0.15) is 26.3 Å². The van der Waals surface area contributed by atoms with Crippen molar-refractivity contribution in [1.29, 1.82) is 0 Å². The molecule has 1 aromatic heterocycles. The summed E-state index contributed by atoms with van der Waals surface area (Å²) in [7, 11) is 0. The normalized spacial score (nSPS) is 12.3. The van der Waals surface area contributed by atoms with Crippen molar-refractivity contribution in [1.82, 2.24) is 9.97 Å². The summed E-state index contributed by atoms with van der Waals surface area (Å²) in [5.74, 6) is -0.291. The van der Waals surface area contributed by atoms with Crippen LogP contribution in [-0.2, 0) is 12.4 Å². The Morgan fingerprint density at radius 1 is 0.704 bits per heavy atom. The smallest absolute Gasteiger partial charge is 0.236 e. The van der Waals surface area contributed by atoms with E-state index in [2.05, 4.69) is 9.97 Å². The minimum absolute atomic E-state index is 0.0649. The summed E-state index contributed by atoms with van der Waals surface area (Å²) in [5.41, 5.74) is -2.12. The van der Waals surface area contributed by atoms with Crippen LogP contribution in [0.3, 0.4) is 0 Å². The van der Waals surface area contributed by atoms with Crippen molar-refractivity contribution in [2.45, 2.75) is 19.3 Å². The topological polar surface area (TPSA) is 25.8 Å². The molecule has 2 nitrogen and oxygen atoms in total. The van der Waals surface area contributed by atoms with Gasteiger partial charge in [-0.3, -0.25) is 0 Å². The Kier molecular flexibility index (Phi) is 4.67. The molecule has 0 unspecified atom stereocenters. The summed E-state index contributed by atoms with van der Waals surface area (Å²) in [4.78, 5) is 7.96. The summed E-state index contributed by atoms with van der Waals surface area (Å²) in [6.45, 7) is 1.50. The van der Waals surface area contributed by atoms with Crippen LogP contribution in [0.5, 0.6) is 0 Å². The number of hydrogen-bond acceptors (Lipinski definition) is 2. The quantitative estimate of drug-likeness (QED) is 0.497. The molecule has 0 aliphatic rings. The first kappa shape index (κ1) is 18.9. The van der Waals surface area contributed by atoms with Crippen molar-refractivity contribution in [2.24, 2.45) is 0 Å². The largest absolute Gasteiger partial charge is 0.417 e. The summed E-state index contributed by atoms with van der Waals surface area (Å²) in [6, 6.07) is 9.46. The fourth-order valence-electron chi connectivity index (χ4n) is 2.71. The van der Waals surface area contributed by atoms with Crippen molar-refractivity contribution in [2.75, 3.05) is 0 Å². The molecular formula is C19H12F6N2. The van der Waals surface area contributed by atoms with Gasteiger partial charge in [0.2, 0.25) is 0 Å². The van der Waals surface area contributed by atoms with Crippen LogP contribution in [0.4, 0.5) is 26.3 Å². The zero-order chi connectivity index (χ0) is 19.8. The van der Waals surface area contributed by atoms with Crippen molar-refractivity contribution >= 4 is 0 Å². The fourth-order valence-corrected chi connectivity index (χ4v) is 2.71. The lowest BCUT2D eigenvalue weighted by Crippen LogP contribution is -2.10. The summed E-state index contributed by atoms with van der Waals surface area (Å²) >= 11 is 0. The molecule has 3 rings (SSSR count). The zero-order valence-electron chi connectivity index (χ0n) is 13.9. The number of aromatic nitrogens is 2. The molecule has 0 N–H and O–H groups in total. The number of alkyl halides is 6. The molecule has 0 saturated heterocycles. The molecule has 27 heavy (non-hydrogen) atoms. The van der Waals surface area contributed by atoms with Crippen molar-refractivity contribution in [3.05, 3.63) is 71.4 Å². The van der Waals surface area contributed by atoms with Gasteiger partial charge in [-0.25, -0.2) is 9.97 Å². The van der Waals surface area contributed by atoms with Gasteiger partial charge in [-0.1, -0.05) is 36.4 Å². The van der Waals surface area contributed by atoms with E-state index < -0.39 is 23.5 Å². The molecule has 140 valence electrons. The highest BCUT2D eigenvalue weighted by Gasteiger charge is 2.35. The molecule has 0 bridgehead atoms. The lowest BCUT2D eigenvalue weighted by molar-refractivity contribution is -0.137. The summed E-state index contributed by atoms with van der Waals surface area (Å²) in [5, 5.41) is 0. The van der Waals surface area contributed by atoms with Crippen LogP contribution in [0.15, 0.2) is 54.7 Å². The predicted molar refractivity (Wildman–Crippen MR) is 87.6 cm³/mol. The van der Waals surface area contributed by atoms with E-state index in [1.807, 2.05) is 0 Å². The molecule has 0 radical (unpaired) electrons. The van der Waals surface area contributed by atoms with E-state index >= 15 is 0 Å². The van der Waals surface area contributed by atoms with Crippen molar-refractivity contribution < 1.29 is 26.3 Å². The van der Waals surface area contributed by atoms with Crippen LogP contribution >= 0.6 is 0 Å². The second kappa shape index (κ2) is 6.68. The number of aryl methyl sites for hydroxylation is 1. The Hall–Kier alpha value is -2.90. The van der Waals surface area contributed by atoms with Crippen molar-refractivity contribution in [3.8, 4) is 22.6 Å². The molecule has 8 heteroatoms. The van der Waals surface area contributed by atoms with Crippen LogP contribution in [0.1, 0.15) is 16.7 Å². The lowest BCUT2D eigenvalue weighted by Gasteiger charge is -2.16. The van der Waals surface area contributed by atoms with Crippen molar-refractivity contribution in [3.63, 3.8) is 0 Å². The molecule has 1 heterocycles. The Morgan fingerprint density at radius 2 is 1.19 bits per heavy atom. The molecule has 0 amide bonds. The Labute approximate surface area is 150 Å². The van der Waals surface area contributed by atoms with E-state index in [0.29, 0.717) is 5.56 Å². The highest BCUT2D eigenvalue weighted by molar-refractivity contribution is 5.70. The molecule has 0 atom stereocenters. The average Bonchev–Trinajstić information content (AvgIpc) is 2.61. The standard InChI is InChI=1S/C19H12F6N2/c1-11-10-26-17(13-7-3-5-9-15(13)19(23,24)25)27-16(11)12-6-2-4-8-14(12)18(20,21)22/h2-10H,1H3. The maximum atomic E-state index is 13.3. The lowest BCUT2D eigenvalue weighted by atomic mass is 10.0. The number of benzene rings is 2. The average molecular weight is 382 g/mol. The van der Waals surface area contributed by atoms with Gasteiger partial charge in [0.25, 0.3) is 0 Å². The van der Waals surface area contributed by atoms with E-state index in [0.717, 1.165) is 12.1 Å². The van der Waals surface area contributed by atoms with E-state index in [1.165, 1.54) is 49.5 Å². The highest BCUT2D eigenvalue weighted by Crippen LogP contribution is 2.39. The SMILES string of the molecule is Cc1cnc(-c2ccccc2C(F)(F)F)nc1-c1ccccc1C(F)(F)F. The molecule has 0 aliphatic carbocycles. The molecule has 0 saturated carbocycles. The van der Waals surface area contributed by atoms with Crippen LogP contribution in [0.2, 0.25) is 0 Å². The van der Waals surface area contributed by atoms with Crippen LogP contribution in [0.25, 0.3) is 22.6 Å². The minimum Gasteiger partial charge on any atom is -0.236 e. The van der Waals surface area contributed by atoms with Crippen LogP contribution < -0.4 is 0 Å². The third kappa shape index (κ3) is 3.79. The maximum absolute atomic E-state index is 13.3. The first-order valence-electron chi connectivity index (χ1n) is 7.76. The Morgan fingerprint density at radius 3 is 1.74 bits per heavy atom. The number of halogens is 6. The van der Waals surface area contributed by atoms with Gasteiger partial charge < -0.3 is 0 Å². The molecule has 0 fully saturated rings. The molecule has 0 aliphatic heterocycles. The number of hydrogen-bond donors (Lipinski definition) is 0. The van der Waals surface area contributed by atoms with Gasteiger partial charge in [0.05, 0.1) is 16.8 Å². The van der Waals surface area contributed by atoms with Gasteiger partial charge in [0, 0.05) is 17.3 Å². The van der Waals surface area contributed by atoms with Gasteiger partial charge in [0.1, 0.15) is 0 Å². The first-order chi connectivity index (χ1) is 12.6. The van der Waals surface area contributed by atoms with Crippen LogP contribution in [-0.4, -0.2) is 9.97 Å². The first-order valence-corrected chi connectivity index (χ1v) is 7.76. The van der Waals surface area contributed by atoms with Gasteiger partial charge >= 0.3 is 12.4 Å². The second-order valence-electron chi connectivity index (χ2n) is 5.81.